The zero-order chi connectivity index (χ0) is 36.3. The minimum absolute atomic E-state index is 0.196. The maximum atomic E-state index is 15.6. The number of carbonyl (C=O) groups excluding carboxylic acids is 1. The van der Waals surface area contributed by atoms with E-state index in [0.717, 1.165) is 0 Å². The van der Waals surface area contributed by atoms with Crippen molar-refractivity contribution in [2.45, 2.75) is 50.9 Å². The van der Waals surface area contributed by atoms with E-state index in [9.17, 15) is 36.6 Å². The molecule has 15 heteroatoms. The van der Waals surface area contributed by atoms with Crippen LogP contribution in [0.1, 0.15) is 70.7 Å². The number of alkyl halides is 6. The summed E-state index contributed by atoms with van der Waals surface area (Å²) in [4.78, 5) is 24.9. The second-order valence-corrected chi connectivity index (χ2v) is 13.2. The highest BCUT2D eigenvalue weighted by Crippen LogP contribution is 2.47. The Kier molecular flexibility index (Phi) is 9.27. The first-order valence-corrected chi connectivity index (χ1v) is 16.8. The highest BCUT2D eigenvalue weighted by Gasteiger charge is 2.43. The second-order valence-electron chi connectivity index (χ2n) is 11.5. The van der Waals surface area contributed by atoms with Crippen LogP contribution in [0, 0.1) is 0 Å². The number of pyridine rings is 2. The predicted molar refractivity (Wildman–Crippen MR) is 179 cm³/mol. The largest absolute Gasteiger partial charge is 0.506 e. The molecule has 0 aliphatic heterocycles. The Morgan fingerprint density at radius 1 is 0.700 bits per heavy atom. The lowest BCUT2D eigenvalue weighted by molar-refractivity contribution is -0.139. The number of hydrogen-bond acceptors (Lipinski definition) is 5. The number of nitrogens with zero attached hydrogens (tertiary/aromatic N) is 4. The quantitative estimate of drug-likeness (QED) is 0.149. The first kappa shape index (κ1) is 35.5. The minimum atomic E-state index is -5.04. The Bertz CT molecular complexity index is 2120. The highest BCUT2D eigenvalue weighted by molar-refractivity contribution is 9.11. The molecule has 0 fully saturated rings. The van der Waals surface area contributed by atoms with Crippen LogP contribution in [-0.4, -0.2) is 34.8 Å². The van der Waals surface area contributed by atoms with E-state index in [1.807, 2.05) is 0 Å². The van der Waals surface area contributed by atoms with Crippen LogP contribution < -0.4 is 0 Å². The summed E-state index contributed by atoms with van der Waals surface area (Å²) in [5.41, 5.74) is -1.33. The van der Waals surface area contributed by atoms with Gasteiger partial charge in [0.2, 0.25) is 0 Å². The van der Waals surface area contributed by atoms with E-state index in [1.165, 1.54) is 12.1 Å². The first-order valence-electron chi connectivity index (χ1n) is 15.2. The topological polar surface area (TPSA) is 92.1 Å². The van der Waals surface area contributed by atoms with E-state index in [0.29, 0.717) is 34.8 Å². The predicted octanol–water partition coefficient (Wildman–Crippen LogP) is 9.61. The van der Waals surface area contributed by atoms with Crippen LogP contribution in [0.25, 0.3) is 11.3 Å². The number of benzene rings is 2. The molecule has 6 rings (SSSR count). The van der Waals surface area contributed by atoms with Gasteiger partial charge in [-0.1, -0.05) is 26.0 Å². The van der Waals surface area contributed by atoms with Crippen LogP contribution in [-0.2, 0) is 30.0 Å². The lowest BCUT2D eigenvalue weighted by Crippen LogP contribution is -2.27. The van der Waals surface area contributed by atoms with Gasteiger partial charge in [-0.25, -0.2) is 9.97 Å². The van der Waals surface area contributed by atoms with E-state index < -0.39 is 52.6 Å². The van der Waals surface area contributed by atoms with Crippen molar-refractivity contribution in [3.63, 3.8) is 0 Å². The molecule has 50 heavy (non-hydrogen) atoms. The third-order valence-electron chi connectivity index (χ3n) is 8.52. The Morgan fingerprint density at radius 2 is 1.08 bits per heavy atom. The Morgan fingerprint density at radius 3 is 1.42 bits per heavy atom. The monoisotopic (exact) mass is 822 g/mol. The van der Waals surface area contributed by atoms with Crippen LogP contribution in [0.4, 0.5) is 26.3 Å². The van der Waals surface area contributed by atoms with Gasteiger partial charge in [0.25, 0.3) is 0 Å². The van der Waals surface area contributed by atoms with Gasteiger partial charge in [-0.15, -0.1) is 0 Å². The van der Waals surface area contributed by atoms with E-state index in [4.69, 9.17) is 0 Å². The second kappa shape index (κ2) is 13.1. The molecule has 0 saturated carbocycles. The molecule has 2 aromatic carbocycles. The van der Waals surface area contributed by atoms with Crippen molar-refractivity contribution < 1.29 is 41.4 Å². The number of ketones is 1. The number of rotatable bonds is 8. The third kappa shape index (κ3) is 6.14. The molecule has 4 heterocycles. The SMILES string of the molecule is CCc1nc2ccccn2c1C(C(=O)C(c1cc(Br)c(O)c(C(F)(F)F)c1)c1c(CC)nc2ccccn12)c1cc(Br)c(O)c(C(F)(F)F)c1. The molecule has 4 aromatic heterocycles. The van der Waals surface area contributed by atoms with Crippen LogP contribution >= 0.6 is 31.9 Å². The summed E-state index contributed by atoms with van der Waals surface area (Å²) in [6.45, 7) is 3.51. The number of phenolic OH excluding ortho intramolecular Hbond substituents is 2. The summed E-state index contributed by atoms with van der Waals surface area (Å²) in [5.74, 6) is -6.14. The molecular weight excluding hydrogens is 798 g/mol. The van der Waals surface area contributed by atoms with Crippen LogP contribution in [0.5, 0.6) is 11.5 Å². The van der Waals surface area contributed by atoms with Crippen molar-refractivity contribution in [3.05, 3.63) is 127 Å². The van der Waals surface area contributed by atoms with Gasteiger partial charge in [-0.05, 0) is 104 Å². The zero-order valence-corrected chi connectivity index (χ0v) is 29.3. The zero-order valence-electron chi connectivity index (χ0n) is 26.1. The summed E-state index contributed by atoms with van der Waals surface area (Å²) in [7, 11) is 0. The Hall–Kier alpha value is -4.37. The van der Waals surface area contributed by atoms with E-state index in [2.05, 4.69) is 41.8 Å². The van der Waals surface area contributed by atoms with Crippen molar-refractivity contribution in [3.8, 4) is 11.5 Å². The molecule has 0 aliphatic rings. The molecule has 2 N–H and O–H groups in total. The number of Topliss-reactive ketones (excluding diaryl/α,β-unsaturated/α-hetero) is 1. The van der Waals surface area contributed by atoms with Gasteiger partial charge in [0.05, 0.1) is 54.7 Å². The maximum absolute atomic E-state index is 15.6. The van der Waals surface area contributed by atoms with E-state index >= 15 is 4.79 Å². The van der Waals surface area contributed by atoms with Gasteiger partial charge < -0.3 is 19.0 Å². The van der Waals surface area contributed by atoms with Crippen LogP contribution in [0.15, 0.2) is 82.0 Å². The number of aryl methyl sites for hydroxylation is 2. The van der Waals surface area contributed by atoms with Gasteiger partial charge >= 0.3 is 12.4 Å². The average molecular weight is 824 g/mol. The molecule has 0 bridgehead atoms. The number of fused-ring (bicyclic) bond motifs is 2. The van der Waals surface area contributed by atoms with Gasteiger partial charge in [0.1, 0.15) is 22.8 Å². The lowest BCUT2D eigenvalue weighted by atomic mass is 9.78. The summed E-state index contributed by atoms with van der Waals surface area (Å²) >= 11 is 6.05. The van der Waals surface area contributed by atoms with E-state index in [-0.39, 0.29) is 44.3 Å². The third-order valence-corrected chi connectivity index (χ3v) is 9.73. The number of aromatic nitrogens is 4. The van der Waals surface area contributed by atoms with Gasteiger partial charge in [-0.2, -0.15) is 26.3 Å². The molecule has 0 aliphatic carbocycles. The smallest absolute Gasteiger partial charge is 0.420 e. The lowest BCUT2D eigenvalue weighted by Gasteiger charge is -2.27. The van der Waals surface area contributed by atoms with Gasteiger partial charge in [-0.3, -0.25) is 4.79 Å². The van der Waals surface area contributed by atoms with Crippen molar-refractivity contribution >= 4 is 48.9 Å². The average Bonchev–Trinajstić information content (AvgIpc) is 3.61. The number of imidazole rings is 2. The molecule has 2 atom stereocenters. The number of hydrogen-bond donors (Lipinski definition) is 2. The summed E-state index contributed by atoms with van der Waals surface area (Å²) < 4.78 is 88.5. The molecule has 6 aromatic rings. The number of halogens is 8. The Labute approximate surface area is 297 Å². The van der Waals surface area contributed by atoms with E-state index in [1.54, 1.807) is 71.4 Å². The molecule has 7 nitrogen and oxygen atoms in total. The van der Waals surface area contributed by atoms with Crippen LogP contribution in [0.2, 0.25) is 0 Å². The molecule has 0 spiro atoms. The van der Waals surface area contributed by atoms with Crippen molar-refractivity contribution in [1.29, 1.82) is 0 Å². The van der Waals surface area contributed by atoms with Crippen molar-refractivity contribution in [1.82, 2.24) is 18.8 Å². The molecular formula is C35H26Br2F6N4O3. The van der Waals surface area contributed by atoms with Gasteiger partial charge in [0, 0.05) is 12.4 Å². The fourth-order valence-electron chi connectivity index (χ4n) is 6.34. The van der Waals surface area contributed by atoms with Gasteiger partial charge in [0.15, 0.2) is 5.78 Å². The molecule has 260 valence electrons. The Balaban J connectivity index is 1.75. The summed E-state index contributed by atoms with van der Waals surface area (Å²) in [6.07, 6.45) is -6.40. The number of phenols is 2. The fourth-order valence-corrected chi connectivity index (χ4v) is 7.30. The minimum Gasteiger partial charge on any atom is -0.506 e. The number of carbonyl (C=O) groups is 1. The summed E-state index contributed by atoms with van der Waals surface area (Å²) in [5, 5.41) is 20.9. The first-order chi connectivity index (χ1) is 23.6. The van der Waals surface area contributed by atoms with Crippen molar-refractivity contribution in [2.75, 3.05) is 0 Å². The maximum Gasteiger partial charge on any atom is 0.420 e. The standard InChI is InChI=1S/C35H26Br2F6N4O3/c1-3-23-29(46-11-7-5-9-25(46)44-23)27(17-13-19(34(38,39)40)31(48)21(36)15-17)33(50)28(18-14-20(35(41,42)43)32(49)22(37)16-18)30-24(4-2)45-26-10-6-8-12-47(26)30/h5-16,27-28,48-49H,3-4H2,1-2H3. The summed E-state index contributed by atoms with van der Waals surface area (Å²) in [6, 6.07) is 13.7. The molecule has 0 radical (unpaired) electrons. The molecule has 0 amide bonds. The number of aromatic hydroxyl groups is 2. The highest BCUT2D eigenvalue weighted by atomic mass is 79.9. The molecule has 2 unspecified atom stereocenters. The fraction of sp³-hybridized carbons (Fsp3) is 0.229. The normalized spacial score (nSPS) is 13.6. The molecule has 0 saturated heterocycles. The van der Waals surface area contributed by atoms with Crippen molar-refractivity contribution in [2.24, 2.45) is 0 Å². The van der Waals surface area contributed by atoms with Crippen LogP contribution in [0.3, 0.4) is 0 Å².